The number of H-pyrrole nitrogens is 1. The van der Waals surface area contributed by atoms with Crippen molar-refractivity contribution in [2.45, 2.75) is 19.4 Å². The number of carboxylic acid groups (broad SMARTS) is 1. The molecule has 8 heteroatoms. The molecular weight excluding hydrogens is 398 g/mol. The number of amides is 1. The summed E-state index contributed by atoms with van der Waals surface area (Å²) in [6.45, 7) is 1.90. The van der Waals surface area contributed by atoms with Crippen LogP contribution in [-0.2, 0) is 11.2 Å². The van der Waals surface area contributed by atoms with Crippen molar-refractivity contribution in [3.8, 4) is 11.3 Å². The van der Waals surface area contributed by atoms with E-state index in [0.29, 0.717) is 33.6 Å². The number of nitrogens with zero attached hydrogens (tertiary/aromatic N) is 1. The molecule has 8 nitrogen and oxygen atoms in total. The van der Waals surface area contributed by atoms with E-state index in [-0.39, 0.29) is 11.8 Å². The van der Waals surface area contributed by atoms with Crippen molar-refractivity contribution >= 4 is 22.8 Å². The van der Waals surface area contributed by atoms with Crippen LogP contribution in [0.2, 0.25) is 0 Å². The molecule has 2 aromatic carbocycles. The highest BCUT2D eigenvalue weighted by Crippen LogP contribution is 2.23. The van der Waals surface area contributed by atoms with Gasteiger partial charge in [-0.2, -0.15) is 0 Å². The number of hydrogen-bond acceptors (Lipinski definition) is 5. The molecule has 0 aliphatic rings. The Morgan fingerprint density at radius 3 is 2.61 bits per heavy atom. The molecule has 1 unspecified atom stereocenters. The fraction of sp³-hybridized carbons (Fsp3) is 0.130. The van der Waals surface area contributed by atoms with Crippen LogP contribution in [0.1, 0.15) is 21.6 Å². The molecule has 4 rings (SSSR count). The summed E-state index contributed by atoms with van der Waals surface area (Å²) < 4.78 is 5.85. The number of imidazole rings is 1. The SMILES string of the molecule is Cc1ccc2oc(-c3ccc(C(=O)NC(Cc4cnc[nH]4)C(=O)O)cc3)cc(=O)c2c1. The van der Waals surface area contributed by atoms with Gasteiger partial charge in [0.2, 0.25) is 0 Å². The zero-order valence-corrected chi connectivity index (χ0v) is 16.6. The van der Waals surface area contributed by atoms with Gasteiger partial charge in [0.25, 0.3) is 5.91 Å². The lowest BCUT2D eigenvalue weighted by molar-refractivity contribution is -0.139. The number of aromatic nitrogens is 2. The number of benzene rings is 2. The molecule has 0 saturated heterocycles. The second-order valence-corrected chi connectivity index (χ2v) is 7.20. The van der Waals surface area contributed by atoms with Crippen molar-refractivity contribution in [2.75, 3.05) is 0 Å². The number of aromatic amines is 1. The third-order valence-electron chi connectivity index (χ3n) is 4.90. The number of rotatable bonds is 6. The van der Waals surface area contributed by atoms with Crippen molar-refractivity contribution in [3.63, 3.8) is 0 Å². The van der Waals surface area contributed by atoms with Crippen LogP contribution in [-0.4, -0.2) is 33.0 Å². The number of carboxylic acids is 1. The van der Waals surface area contributed by atoms with Gasteiger partial charge in [-0.05, 0) is 31.2 Å². The minimum atomic E-state index is -1.15. The van der Waals surface area contributed by atoms with Gasteiger partial charge in [0.05, 0.1) is 11.7 Å². The number of hydrogen-bond donors (Lipinski definition) is 3. The van der Waals surface area contributed by atoms with Crippen molar-refractivity contribution in [3.05, 3.63) is 88.1 Å². The largest absolute Gasteiger partial charge is 0.480 e. The number of aliphatic carboxylic acids is 1. The van der Waals surface area contributed by atoms with Gasteiger partial charge in [-0.25, -0.2) is 9.78 Å². The minimum Gasteiger partial charge on any atom is -0.480 e. The highest BCUT2D eigenvalue weighted by Gasteiger charge is 2.22. The van der Waals surface area contributed by atoms with E-state index in [2.05, 4.69) is 15.3 Å². The lowest BCUT2D eigenvalue weighted by Crippen LogP contribution is -2.42. The van der Waals surface area contributed by atoms with Crippen LogP contribution >= 0.6 is 0 Å². The number of aryl methyl sites for hydroxylation is 1. The third kappa shape index (κ3) is 4.37. The Morgan fingerprint density at radius 2 is 1.94 bits per heavy atom. The summed E-state index contributed by atoms with van der Waals surface area (Å²) in [4.78, 5) is 43.1. The van der Waals surface area contributed by atoms with Gasteiger partial charge in [0.15, 0.2) is 5.43 Å². The zero-order valence-electron chi connectivity index (χ0n) is 16.6. The quantitative estimate of drug-likeness (QED) is 0.443. The third-order valence-corrected chi connectivity index (χ3v) is 4.90. The first-order valence-corrected chi connectivity index (χ1v) is 9.56. The smallest absolute Gasteiger partial charge is 0.326 e. The van der Waals surface area contributed by atoms with Gasteiger partial charge in [-0.3, -0.25) is 9.59 Å². The van der Waals surface area contributed by atoms with Gasteiger partial charge in [0.1, 0.15) is 17.4 Å². The summed E-state index contributed by atoms with van der Waals surface area (Å²) in [6, 6.07) is 12.1. The van der Waals surface area contributed by atoms with Crippen LogP contribution in [0.5, 0.6) is 0 Å². The predicted molar refractivity (Wildman–Crippen MR) is 114 cm³/mol. The number of carbonyl (C=O) groups is 2. The summed E-state index contributed by atoms with van der Waals surface area (Å²) in [5.74, 6) is -1.28. The second kappa shape index (κ2) is 8.27. The Hall–Kier alpha value is -4.20. The Bertz CT molecular complexity index is 1310. The molecule has 3 N–H and O–H groups in total. The van der Waals surface area contributed by atoms with E-state index in [4.69, 9.17) is 4.42 Å². The second-order valence-electron chi connectivity index (χ2n) is 7.20. The Morgan fingerprint density at radius 1 is 1.16 bits per heavy atom. The maximum Gasteiger partial charge on any atom is 0.326 e. The average molecular weight is 417 g/mol. The molecule has 1 amide bonds. The van der Waals surface area contributed by atoms with E-state index < -0.39 is 17.9 Å². The van der Waals surface area contributed by atoms with E-state index in [0.717, 1.165) is 5.56 Å². The Kier molecular flexibility index (Phi) is 5.36. The molecule has 0 saturated carbocycles. The lowest BCUT2D eigenvalue weighted by atomic mass is 10.1. The van der Waals surface area contributed by atoms with E-state index >= 15 is 0 Å². The van der Waals surface area contributed by atoms with Crippen molar-refractivity contribution in [1.29, 1.82) is 0 Å². The van der Waals surface area contributed by atoms with Gasteiger partial charge in [-0.1, -0.05) is 23.8 Å². The summed E-state index contributed by atoms with van der Waals surface area (Å²) >= 11 is 0. The minimum absolute atomic E-state index is 0.0842. The van der Waals surface area contributed by atoms with E-state index in [1.165, 1.54) is 18.6 Å². The fourth-order valence-electron chi connectivity index (χ4n) is 3.26. The average Bonchev–Trinajstić information content (AvgIpc) is 3.27. The van der Waals surface area contributed by atoms with Crippen LogP contribution in [0.4, 0.5) is 0 Å². The highest BCUT2D eigenvalue weighted by atomic mass is 16.4. The molecule has 31 heavy (non-hydrogen) atoms. The maximum absolute atomic E-state index is 12.5. The molecule has 2 heterocycles. The monoisotopic (exact) mass is 417 g/mol. The van der Waals surface area contributed by atoms with Crippen molar-refractivity contribution < 1.29 is 19.1 Å². The molecule has 1 atom stereocenters. The number of carbonyl (C=O) groups excluding carboxylic acids is 1. The summed E-state index contributed by atoms with van der Waals surface area (Å²) in [6.07, 6.45) is 3.04. The van der Waals surface area contributed by atoms with Crippen LogP contribution in [0.3, 0.4) is 0 Å². The first-order valence-electron chi connectivity index (χ1n) is 9.56. The van der Waals surface area contributed by atoms with E-state index in [9.17, 15) is 19.5 Å². The number of fused-ring (bicyclic) bond motifs is 1. The van der Waals surface area contributed by atoms with Gasteiger partial charge < -0.3 is 19.8 Å². The molecular formula is C23H19N3O5. The van der Waals surface area contributed by atoms with Gasteiger partial charge in [0, 0.05) is 35.5 Å². The first kappa shape index (κ1) is 20.1. The summed E-state index contributed by atoms with van der Waals surface area (Å²) in [5.41, 5.74) is 2.82. The molecule has 156 valence electrons. The van der Waals surface area contributed by atoms with Gasteiger partial charge in [-0.15, -0.1) is 0 Å². The molecule has 4 aromatic rings. The highest BCUT2D eigenvalue weighted by molar-refractivity contribution is 5.97. The zero-order chi connectivity index (χ0) is 22.0. The summed E-state index contributed by atoms with van der Waals surface area (Å²) in [7, 11) is 0. The Labute approximate surface area is 176 Å². The molecule has 0 radical (unpaired) electrons. The number of nitrogens with one attached hydrogen (secondary N) is 2. The Balaban J connectivity index is 1.54. The maximum atomic E-state index is 12.5. The fourth-order valence-corrected chi connectivity index (χ4v) is 3.26. The molecule has 0 fully saturated rings. The molecule has 0 aliphatic heterocycles. The molecule has 0 bridgehead atoms. The van der Waals surface area contributed by atoms with Crippen LogP contribution in [0.15, 0.2) is 70.3 Å². The van der Waals surface area contributed by atoms with Crippen molar-refractivity contribution in [2.24, 2.45) is 0 Å². The van der Waals surface area contributed by atoms with Crippen LogP contribution < -0.4 is 10.7 Å². The predicted octanol–water partition coefficient (Wildman–Crippen LogP) is 2.92. The van der Waals surface area contributed by atoms with E-state index in [1.54, 1.807) is 36.4 Å². The molecule has 0 aliphatic carbocycles. The standard InChI is InChI=1S/C23H19N3O5/c1-13-2-7-20-17(8-13)19(27)10-21(31-20)14-3-5-15(6-4-14)22(28)26-18(23(29)30)9-16-11-24-12-25-16/h2-8,10-12,18H,9H2,1H3,(H,24,25)(H,26,28)(H,29,30). The molecule has 2 aromatic heterocycles. The lowest BCUT2D eigenvalue weighted by Gasteiger charge is -2.14. The first-order chi connectivity index (χ1) is 14.9. The van der Waals surface area contributed by atoms with Crippen LogP contribution in [0.25, 0.3) is 22.3 Å². The normalized spacial score (nSPS) is 11.9. The van der Waals surface area contributed by atoms with E-state index in [1.807, 2.05) is 13.0 Å². The molecule has 0 spiro atoms. The van der Waals surface area contributed by atoms with Crippen LogP contribution in [0, 0.1) is 6.92 Å². The van der Waals surface area contributed by atoms with Gasteiger partial charge >= 0.3 is 5.97 Å². The topological polar surface area (TPSA) is 125 Å². The summed E-state index contributed by atoms with van der Waals surface area (Å²) in [5, 5.41) is 12.4. The van der Waals surface area contributed by atoms with Crippen molar-refractivity contribution in [1.82, 2.24) is 15.3 Å².